The summed E-state index contributed by atoms with van der Waals surface area (Å²) in [5.74, 6) is 1.92. The van der Waals surface area contributed by atoms with E-state index in [1.807, 2.05) is 12.1 Å². The first-order valence-electron chi connectivity index (χ1n) is 4.83. The van der Waals surface area contributed by atoms with Gasteiger partial charge in [-0.3, -0.25) is 0 Å². The van der Waals surface area contributed by atoms with Crippen molar-refractivity contribution in [2.45, 2.75) is 12.3 Å². The van der Waals surface area contributed by atoms with Gasteiger partial charge in [0.2, 0.25) is 0 Å². The quantitative estimate of drug-likeness (QED) is 0.764. The predicted octanol–water partition coefficient (Wildman–Crippen LogP) is 1.46. The Labute approximate surface area is 83.5 Å². The van der Waals surface area contributed by atoms with Crippen molar-refractivity contribution in [3.8, 4) is 11.5 Å². The van der Waals surface area contributed by atoms with Crippen LogP contribution in [0.15, 0.2) is 18.2 Å². The minimum atomic E-state index is 0.196. The number of methoxy groups -OCH3 is 1. The van der Waals surface area contributed by atoms with E-state index in [4.69, 9.17) is 10.5 Å². The van der Waals surface area contributed by atoms with Crippen molar-refractivity contribution in [2.24, 2.45) is 11.7 Å². The van der Waals surface area contributed by atoms with Crippen molar-refractivity contribution >= 4 is 0 Å². The van der Waals surface area contributed by atoms with Crippen LogP contribution >= 0.6 is 0 Å². The van der Waals surface area contributed by atoms with Gasteiger partial charge in [0.05, 0.1) is 7.11 Å². The Kier molecular flexibility index (Phi) is 2.33. The minimum Gasteiger partial charge on any atom is -0.504 e. The highest BCUT2D eigenvalue weighted by Gasteiger charge is 2.37. The zero-order chi connectivity index (χ0) is 10.1. The first-order valence-corrected chi connectivity index (χ1v) is 4.83. The molecule has 3 nitrogen and oxygen atoms in total. The summed E-state index contributed by atoms with van der Waals surface area (Å²) >= 11 is 0. The van der Waals surface area contributed by atoms with Gasteiger partial charge in [0.25, 0.3) is 0 Å². The third-order valence-electron chi connectivity index (χ3n) is 2.86. The van der Waals surface area contributed by atoms with Gasteiger partial charge < -0.3 is 15.6 Å². The van der Waals surface area contributed by atoms with Crippen molar-refractivity contribution in [2.75, 3.05) is 13.7 Å². The lowest BCUT2D eigenvalue weighted by Crippen LogP contribution is -2.01. The summed E-state index contributed by atoms with van der Waals surface area (Å²) in [7, 11) is 1.56. The van der Waals surface area contributed by atoms with Gasteiger partial charge >= 0.3 is 0 Å². The van der Waals surface area contributed by atoms with Crippen LogP contribution in [-0.4, -0.2) is 18.8 Å². The zero-order valence-corrected chi connectivity index (χ0v) is 8.23. The second-order valence-electron chi connectivity index (χ2n) is 3.77. The predicted molar refractivity (Wildman–Crippen MR) is 54.6 cm³/mol. The van der Waals surface area contributed by atoms with Gasteiger partial charge in [0.1, 0.15) is 0 Å². The van der Waals surface area contributed by atoms with Crippen molar-refractivity contribution in [3.63, 3.8) is 0 Å². The molecule has 14 heavy (non-hydrogen) atoms. The number of aromatic hydroxyl groups is 1. The van der Waals surface area contributed by atoms with Crippen LogP contribution in [-0.2, 0) is 0 Å². The van der Waals surface area contributed by atoms with Gasteiger partial charge in [-0.15, -0.1) is 0 Å². The second-order valence-corrected chi connectivity index (χ2v) is 3.77. The molecular weight excluding hydrogens is 178 g/mol. The molecule has 1 saturated carbocycles. The van der Waals surface area contributed by atoms with Crippen LogP contribution in [0.5, 0.6) is 11.5 Å². The zero-order valence-electron chi connectivity index (χ0n) is 8.23. The SMILES string of the molecule is COc1cc([C@@H]2C[C@H]2CN)ccc1O. The molecule has 1 aliphatic carbocycles. The molecule has 0 heterocycles. The van der Waals surface area contributed by atoms with Crippen LogP contribution in [0, 0.1) is 5.92 Å². The first kappa shape index (κ1) is 9.34. The van der Waals surface area contributed by atoms with Gasteiger partial charge in [-0.2, -0.15) is 0 Å². The lowest BCUT2D eigenvalue weighted by molar-refractivity contribution is 0.373. The number of hydrogen-bond acceptors (Lipinski definition) is 3. The Bertz CT molecular complexity index is 338. The van der Waals surface area contributed by atoms with Crippen LogP contribution < -0.4 is 10.5 Å². The maximum atomic E-state index is 9.41. The molecule has 1 aliphatic rings. The molecule has 0 aliphatic heterocycles. The Balaban J connectivity index is 2.20. The fourth-order valence-electron chi connectivity index (χ4n) is 1.84. The van der Waals surface area contributed by atoms with Crippen LogP contribution in [0.2, 0.25) is 0 Å². The Morgan fingerprint density at radius 1 is 1.57 bits per heavy atom. The van der Waals surface area contributed by atoms with Gasteiger partial charge in [-0.1, -0.05) is 6.07 Å². The highest BCUT2D eigenvalue weighted by Crippen LogP contribution is 2.48. The van der Waals surface area contributed by atoms with Crippen LogP contribution in [0.4, 0.5) is 0 Å². The molecular formula is C11H15NO2. The Hall–Kier alpha value is -1.22. The van der Waals surface area contributed by atoms with Crippen molar-refractivity contribution in [1.29, 1.82) is 0 Å². The van der Waals surface area contributed by atoms with Crippen molar-refractivity contribution in [1.82, 2.24) is 0 Å². The molecule has 0 bridgehead atoms. The normalized spacial score (nSPS) is 24.7. The largest absolute Gasteiger partial charge is 0.504 e. The van der Waals surface area contributed by atoms with E-state index in [9.17, 15) is 5.11 Å². The molecule has 0 amide bonds. The molecule has 2 rings (SSSR count). The van der Waals surface area contributed by atoms with Crippen molar-refractivity contribution in [3.05, 3.63) is 23.8 Å². The van der Waals surface area contributed by atoms with Crippen LogP contribution in [0.1, 0.15) is 17.9 Å². The molecule has 0 unspecified atom stereocenters. The van der Waals surface area contributed by atoms with E-state index in [2.05, 4.69) is 0 Å². The third-order valence-corrected chi connectivity index (χ3v) is 2.86. The molecule has 3 heteroatoms. The summed E-state index contributed by atoms with van der Waals surface area (Å²) in [5.41, 5.74) is 6.80. The maximum absolute atomic E-state index is 9.41. The number of nitrogens with two attached hydrogens (primary N) is 1. The highest BCUT2D eigenvalue weighted by molar-refractivity contribution is 5.44. The number of benzene rings is 1. The molecule has 3 N–H and O–H groups in total. The summed E-state index contributed by atoms with van der Waals surface area (Å²) in [4.78, 5) is 0. The Morgan fingerprint density at radius 2 is 2.36 bits per heavy atom. The molecule has 1 aromatic rings. The first-order chi connectivity index (χ1) is 6.76. The van der Waals surface area contributed by atoms with E-state index >= 15 is 0 Å². The molecule has 0 saturated heterocycles. The van der Waals surface area contributed by atoms with E-state index in [1.165, 1.54) is 5.56 Å². The van der Waals surface area contributed by atoms with E-state index in [0.717, 1.165) is 13.0 Å². The number of phenolic OH excluding ortho intramolecular Hbond substituents is 1. The van der Waals surface area contributed by atoms with Crippen LogP contribution in [0.25, 0.3) is 0 Å². The van der Waals surface area contributed by atoms with Gasteiger partial charge in [0.15, 0.2) is 11.5 Å². The molecule has 0 radical (unpaired) electrons. The van der Waals surface area contributed by atoms with E-state index in [0.29, 0.717) is 17.6 Å². The summed E-state index contributed by atoms with van der Waals surface area (Å²) in [6, 6.07) is 5.52. The smallest absolute Gasteiger partial charge is 0.160 e. The van der Waals surface area contributed by atoms with Gasteiger partial charge in [0, 0.05) is 0 Å². The summed E-state index contributed by atoms with van der Waals surface area (Å²) in [6.07, 6.45) is 1.16. The maximum Gasteiger partial charge on any atom is 0.160 e. The summed E-state index contributed by atoms with van der Waals surface area (Å²) in [6.45, 7) is 0.744. The Morgan fingerprint density at radius 3 is 2.93 bits per heavy atom. The minimum absolute atomic E-state index is 0.196. The van der Waals surface area contributed by atoms with Gasteiger partial charge in [-0.25, -0.2) is 0 Å². The molecule has 76 valence electrons. The lowest BCUT2D eigenvalue weighted by Gasteiger charge is -2.05. The van der Waals surface area contributed by atoms with Crippen molar-refractivity contribution < 1.29 is 9.84 Å². The van der Waals surface area contributed by atoms with Gasteiger partial charge in [-0.05, 0) is 42.5 Å². The fraction of sp³-hybridized carbons (Fsp3) is 0.455. The van der Waals surface area contributed by atoms with E-state index < -0.39 is 0 Å². The number of phenols is 1. The summed E-state index contributed by atoms with van der Waals surface area (Å²) in [5, 5.41) is 9.41. The molecule has 1 aromatic carbocycles. The average Bonchev–Trinajstić information content (AvgIpc) is 2.98. The standard InChI is InChI=1S/C11H15NO2/c1-14-11-5-7(2-3-10(11)13)9-4-8(9)6-12/h2-3,5,8-9,13H,4,6,12H2,1H3/t8-,9-/m0/s1. The lowest BCUT2D eigenvalue weighted by atomic mass is 10.1. The number of hydrogen-bond donors (Lipinski definition) is 2. The summed E-state index contributed by atoms with van der Waals surface area (Å²) < 4.78 is 5.05. The van der Waals surface area contributed by atoms with Crippen LogP contribution in [0.3, 0.4) is 0 Å². The molecule has 0 aromatic heterocycles. The molecule has 0 spiro atoms. The fourth-order valence-corrected chi connectivity index (χ4v) is 1.84. The molecule has 1 fully saturated rings. The second kappa shape index (κ2) is 3.50. The third kappa shape index (κ3) is 1.55. The van der Waals surface area contributed by atoms with E-state index in [1.54, 1.807) is 13.2 Å². The molecule has 2 atom stereocenters. The number of rotatable bonds is 3. The van der Waals surface area contributed by atoms with E-state index in [-0.39, 0.29) is 5.75 Å². The monoisotopic (exact) mass is 193 g/mol. The number of ether oxygens (including phenoxy) is 1. The average molecular weight is 193 g/mol. The highest BCUT2D eigenvalue weighted by atomic mass is 16.5. The topological polar surface area (TPSA) is 55.5 Å².